The van der Waals surface area contributed by atoms with Crippen molar-refractivity contribution in [2.45, 2.75) is 39.0 Å². The number of amides is 1. The van der Waals surface area contributed by atoms with E-state index in [4.69, 9.17) is 23.9 Å². The zero-order valence-corrected chi connectivity index (χ0v) is 18.2. The van der Waals surface area contributed by atoms with Crippen molar-refractivity contribution in [1.82, 2.24) is 20.1 Å². The summed E-state index contributed by atoms with van der Waals surface area (Å²) in [6.45, 7) is 5.25. The molecule has 2 heterocycles. The molecule has 0 spiro atoms. The molecule has 164 valence electrons. The van der Waals surface area contributed by atoms with E-state index < -0.39 is 12.1 Å². The lowest BCUT2D eigenvalue weighted by Crippen LogP contribution is -2.42. The number of hydrogen-bond donors (Lipinski definition) is 1. The van der Waals surface area contributed by atoms with Crippen molar-refractivity contribution in [3.63, 3.8) is 0 Å². The summed E-state index contributed by atoms with van der Waals surface area (Å²) in [5.41, 5.74) is 0.831. The lowest BCUT2D eigenvalue weighted by Gasteiger charge is -2.32. The third-order valence-electron chi connectivity index (χ3n) is 4.88. The molecular formula is C21H30N4O5. The minimum Gasteiger partial charge on any atom is -0.493 e. The fraction of sp³-hybridized carbons (Fsp3) is 0.571. The molecule has 0 radical (unpaired) electrons. The number of hydrogen-bond acceptors (Lipinski definition) is 7. The quantitative estimate of drug-likeness (QED) is 0.666. The molecule has 1 aliphatic rings. The van der Waals surface area contributed by atoms with Crippen LogP contribution in [0.3, 0.4) is 0 Å². The molecule has 1 aromatic carbocycles. The SMILES string of the molecule is COCCn1nc(CC(C)C)nc1[C@H]1OCC(=O)N[C@@H]1c1ccc(OC)c(OC)c1. The first-order valence-corrected chi connectivity index (χ1v) is 10.0. The molecule has 0 saturated carbocycles. The summed E-state index contributed by atoms with van der Waals surface area (Å²) in [6, 6.07) is 5.10. The average Bonchev–Trinajstić information content (AvgIpc) is 3.13. The van der Waals surface area contributed by atoms with Gasteiger partial charge in [-0.25, -0.2) is 9.67 Å². The van der Waals surface area contributed by atoms with Gasteiger partial charge in [0.1, 0.15) is 12.7 Å². The predicted octanol–water partition coefficient (Wildman–Crippen LogP) is 2.07. The van der Waals surface area contributed by atoms with Crippen LogP contribution in [0.4, 0.5) is 0 Å². The second-order valence-corrected chi connectivity index (χ2v) is 7.59. The molecule has 1 aromatic heterocycles. The Morgan fingerprint density at radius 1 is 1.23 bits per heavy atom. The van der Waals surface area contributed by atoms with Crippen LogP contribution in [0.25, 0.3) is 0 Å². The number of carbonyl (C=O) groups excluding carboxylic acids is 1. The van der Waals surface area contributed by atoms with Crippen molar-refractivity contribution in [1.29, 1.82) is 0 Å². The Morgan fingerprint density at radius 3 is 2.67 bits per heavy atom. The molecule has 1 saturated heterocycles. The molecule has 1 aliphatic heterocycles. The van der Waals surface area contributed by atoms with Gasteiger partial charge in [-0.1, -0.05) is 19.9 Å². The molecule has 0 bridgehead atoms. The third-order valence-corrected chi connectivity index (χ3v) is 4.88. The molecule has 0 unspecified atom stereocenters. The molecule has 30 heavy (non-hydrogen) atoms. The van der Waals surface area contributed by atoms with E-state index in [9.17, 15) is 4.79 Å². The second kappa shape index (κ2) is 9.90. The molecule has 0 aliphatic carbocycles. The number of rotatable bonds is 9. The summed E-state index contributed by atoms with van der Waals surface area (Å²) < 4.78 is 23.8. The predicted molar refractivity (Wildman–Crippen MR) is 110 cm³/mol. The monoisotopic (exact) mass is 418 g/mol. The van der Waals surface area contributed by atoms with E-state index in [2.05, 4.69) is 24.3 Å². The van der Waals surface area contributed by atoms with Crippen LogP contribution in [0, 0.1) is 5.92 Å². The van der Waals surface area contributed by atoms with Gasteiger partial charge in [-0.15, -0.1) is 0 Å². The van der Waals surface area contributed by atoms with Crippen LogP contribution in [-0.2, 0) is 27.2 Å². The largest absolute Gasteiger partial charge is 0.493 e. The molecular weight excluding hydrogens is 388 g/mol. The number of benzene rings is 1. The van der Waals surface area contributed by atoms with E-state index in [1.807, 2.05) is 22.9 Å². The number of nitrogens with zero attached hydrogens (tertiary/aromatic N) is 3. The average molecular weight is 418 g/mol. The van der Waals surface area contributed by atoms with Gasteiger partial charge in [0.05, 0.1) is 33.4 Å². The highest BCUT2D eigenvalue weighted by atomic mass is 16.5. The third kappa shape index (κ3) is 4.91. The Bertz CT molecular complexity index is 867. The van der Waals surface area contributed by atoms with Crippen LogP contribution in [-0.4, -0.2) is 55.2 Å². The van der Waals surface area contributed by atoms with Gasteiger partial charge in [-0.05, 0) is 23.6 Å². The molecule has 1 amide bonds. The fourth-order valence-electron chi connectivity index (χ4n) is 3.49. The van der Waals surface area contributed by atoms with E-state index in [1.165, 1.54) is 0 Å². The Labute approximate surface area is 176 Å². The van der Waals surface area contributed by atoms with Crippen LogP contribution >= 0.6 is 0 Å². The molecule has 3 rings (SSSR count). The first-order chi connectivity index (χ1) is 14.5. The maximum Gasteiger partial charge on any atom is 0.246 e. The maximum absolute atomic E-state index is 12.2. The van der Waals surface area contributed by atoms with Gasteiger partial charge in [0, 0.05) is 13.5 Å². The summed E-state index contributed by atoms with van der Waals surface area (Å²) in [6.07, 6.45) is 0.263. The van der Waals surface area contributed by atoms with Crippen molar-refractivity contribution in [3.8, 4) is 11.5 Å². The van der Waals surface area contributed by atoms with Crippen LogP contribution < -0.4 is 14.8 Å². The van der Waals surface area contributed by atoms with Gasteiger partial charge in [0.2, 0.25) is 5.91 Å². The number of nitrogens with one attached hydrogen (secondary N) is 1. The van der Waals surface area contributed by atoms with E-state index in [1.54, 1.807) is 21.3 Å². The lowest BCUT2D eigenvalue weighted by molar-refractivity contribution is -0.138. The maximum atomic E-state index is 12.2. The number of morpholine rings is 1. The Hall–Kier alpha value is -2.65. The lowest BCUT2D eigenvalue weighted by atomic mass is 9.98. The molecule has 2 aromatic rings. The zero-order chi connectivity index (χ0) is 21.7. The minimum atomic E-state index is -0.494. The van der Waals surface area contributed by atoms with Gasteiger partial charge in [0.15, 0.2) is 23.1 Å². The summed E-state index contributed by atoms with van der Waals surface area (Å²) in [7, 11) is 4.81. The van der Waals surface area contributed by atoms with E-state index in [-0.39, 0.29) is 12.5 Å². The first kappa shape index (κ1) is 22.0. The molecule has 9 heteroatoms. The van der Waals surface area contributed by atoms with Crippen molar-refractivity contribution in [3.05, 3.63) is 35.4 Å². The van der Waals surface area contributed by atoms with E-state index in [0.717, 1.165) is 17.8 Å². The van der Waals surface area contributed by atoms with E-state index in [0.29, 0.717) is 36.4 Å². The van der Waals surface area contributed by atoms with Crippen LogP contribution in [0.1, 0.15) is 43.2 Å². The molecule has 1 N–H and O–H groups in total. The minimum absolute atomic E-state index is 0.0366. The second-order valence-electron chi connectivity index (χ2n) is 7.59. The van der Waals surface area contributed by atoms with Gasteiger partial charge < -0.3 is 24.3 Å². The summed E-state index contributed by atoms with van der Waals surface area (Å²) in [5.74, 6) is 2.85. The zero-order valence-electron chi connectivity index (χ0n) is 18.2. The van der Waals surface area contributed by atoms with E-state index >= 15 is 0 Å². The van der Waals surface area contributed by atoms with Gasteiger partial charge in [0.25, 0.3) is 0 Å². The highest BCUT2D eigenvalue weighted by Gasteiger charge is 2.36. The Kier molecular flexibility index (Phi) is 7.28. The van der Waals surface area contributed by atoms with Crippen molar-refractivity contribution < 1.29 is 23.7 Å². The topological polar surface area (TPSA) is 96.7 Å². The first-order valence-electron chi connectivity index (χ1n) is 10.0. The Morgan fingerprint density at radius 2 is 2.00 bits per heavy atom. The van der Waals surface area contributed by atoms with Crippen LogP contribution in [0.5, 0.6) is 11.5 Å². The normalized spacial score (nSPS) is 19.1. The fourth-order valence-corrected chi connectivity index (χ4v) is 3.49. The van der Waals surface area contributed by atoms with Crippen LogP contribution in [0.2, 0.25) is 0 Å². The molecule has 2 atom stereocenters. The van der Waals surface area contributed by atoms with Crippen molar-refractivity contribution in [2.75, 3.05) is 34.5 Å². The highest BCUT2D eigenvalue weighted by Crippen LogP contribution is 2.37. The van der Waals surface area contributed by atoms with Crippen molar-refractivity contribution >= 4 is 5.91 Å². The van der Waals surface area contributed by atoms with Gasteiger partial charge in [-0.2, -0.15) is 5.10 Å². The number of methoxy groups -OCH3 is 3. The Balaban J connectivity index is 2.00. The molecule has 1 fully saturated rings. The highest BCUT2D eigenvalue weighted by molar-refractivity contribution is 5.78. The molecule has 9 nitrogen and oxygen atoms in total. The number of aromatic nitrogens is 3. The van der Waals surface area contributed by atoms with Crippen LogP contribution in [0.15, 0.2) is 18.2 Å². The standard InChI is InChI=1S/C21H30N4O5/c1-13(2)10-17-22-21(25(24-17)8-9-27-3)20-19(23-18(26)12-30-20)14-6-7-15(28-4)16(11-14)29-5/h6-7,11,13,19-20H,8-10,12H2,1-5H3,(H,23,26)/t19-,20+/m1/s1. The summed E-state index contributed by atoms with van der Waals surface area (Å²) in [4.78, 5) is 16.9. The van der Waals surface area contributed by atoms with Crippen molar-refractivity contribution in [2.24, 2.45) is 5.92 Å². The van der Waals surface area contributed by atoms with Gasteiger partial charge in [-0.3, -0.25) is 4.79 Å². The number of ether oxygens (including phenoxy) is 4. The van der Waals surface area contributed by atoms with Gasteiger partial charge >= 0.3 is 0 Å². The number of carbonyl (C=O) groups is 1. The summed E-state index contributed by atoms with van der Waals surface area (Å²) in [5, 5.41) is 7.69. The summed E-state index contributed by atoms with van der Waals surface area (Å²) >= 11 is 0. The smallest absolute Gasteiger partial charge is 0.246 e.